The highest BCUT2D eigenvalue weighted by atomic mass is 16.5. The Kier molecular flexibility index (Phi) is 4.86. The molecule has 0 unspecified atom stereocenters. The summed E-state index contributed by atoms with van der Waals surface area (Å²) in [6, 6.07) is 7.62. The van der Waals surface area contributed by atoms with Gasteiger partial charge < -0.3 is 9.47 Å². The lowest BCUT2D eigenvalue weighted by Crippen LogP contribution is -1.92. The maximum Gasteiger partial charge on any atom is 0.330 e. The molecule has 0 spiro atoms. The van der Waals surface area contributed by atoms with Crippen molar-refractivity contribution < 1.29 is 14.3 Å². The molecule has 0 saturated carbocycles. The fourth-order valence-electron chi connectivity index (χ4n) is 1.08. The number of ether oxygens (including phenoxy) is 2. The SMILES string of the molecule is COC(=O)/C=C\C=C\c1ccc(OC)cc1. The standard InChI is InChI=1S/C13H14O3/c1-15-12-9-7-11(8-10-12)5-3-4-6-13(14)16-2/h3-10H,1-2H3/b5-3+,6-4-. The minimum Gasteiger partial charge on any atom is -0.497 e. The molecule has 0 aliphatic rings. The number of carbonyl (C=O) groups excluding carboxylic acids is 1. The molecular formula is C13H14O3. The smallest absolute Gasteiger partial charge is 0.330 e. The van der Waals surface area contributed by atoms with Gasteiger partial charge in [0.1, 0.15) is 5.75 Å². The van der Waals surface area contributed by atoms with Crippen LogP contribution in [0.4, 0.5) is 0 Å². The quantitative estimate of drug-likeness (QED) is 0.442. The van der Waals surface area contributed by atoms with Gasteiger partial charge in [0.05, 0.1) is 14.2 Å². The van der Waals surface area contributed by atoms with Gasteiger partial charge in [0.15, 0.2) is 0 Å². The third-order valence-corrected chi connectivity index (χ3v) is 1.95. The number of allylic oxidation sites excluding steroid dienone is 2. The predicted octanol–water partition coefficient (Wildman–Crippen LogP) is 2.44. The van der Waals surface area contributed by atoms with E-state index in [9.17, 15) is 4.79 Å². The molecule has 16 heavy (non-hydrogen) atoms. The van der Waals surface area contributed by atoms with Crippen molar-refractivity contribution in [3.63, 3.8) is 0 Å². The number of carbonyl (C=O) groups is 1. The Balaban J connectivity index is 2.56. The number of methoxy groups -OCH3 is 2. The van der Waals surface area contributed by atoms with Gasteiger partial charge in [0.2, 0.25) is 0 Å². The molecule has 0 aliphatic carbocycles. The molecule has 0 aromatic heterocycles. The second kappa shape index (κ2) is 6.45. The predicted molar refractivity (Wildman–Crippen MR) is 63.2 cm³/mol. The minimum absolute atomic E-state index is 0.362. The molecule has 1 rings (SSSR count). The van der Waals surface area contributed by atoms with Crippen molar-refractivity contribution >= 4 is 12.0 Å². The second-order valence-electron chi connectivity index (χ2n) is 3.01. The molecule has 1 aromatic rings. The van der Waals surface area contributed by atoms with Crippen LogP contribution in [0.3, 0.4) is 0 Å². The van der Waals surface area contributed by atoms with Crippen molar-refractivity contribution in [3.05, 3.63) is 48.1 Å². The monoisotopic (exact) mass is 218 g/mol. The first-order valence-corrected chi connectivity index (χ1v) is 4.83. The Morgan fingerprint density at radius 2 is 1.81 bits per heavy atom. The molecule has 1 aromatic carbocycles. The minimum atomic E-state index is -0.362. The molecular weight excluding hydrogens is 204 g/mol. The highest BCUT2D eigenvalue weighted by molar-refractivity contribution is 5.82. The maximum atomic E-state index is 10.7. The summed E-state index contributed by atoms with van der Waals surface area (Å²) >= 11 is 0. The molecule has 3 heteroatoms. The van der Waals surface area contributed by atoms with Crippen molar-refractivity contribution in [2.24, 2.45) is 0 Å². The first-order valence-electron chi connectivity index (χ1n) is 4.83. The zero-order valence-electron chi connectivity index (χ0n) is 9.34. The molecule has 0 saturated heterocycles. The van der Waals surface area contributed by atoms with Gasteiger partial charge in [-0.2, -0.15) is 0 Å². The lowest BCUT2D eigenvalue weighted by Gasteiger charge is -1.98. The molecule has 0 aliphatic heterocycles. The van der Waals surface area contributed by atoms with Crippen LogP contribution >= 0.6 is 0 Å². The van der Waals surface area contributed by atoms with Crippen molar-refractivity contribution in [1.82, 2.24) is 0 Å². The van der Waals surface area contributed by atoms with Crippen molar-refractivity contribution in [2.75, 3.05) is 14.2 Å². The van der Waals surface area contributed by atoms with Gasteiger partial charge in [-0.3, -0.25) is 0 Å². The van der Waals surface area contributed by atoms with Gasteiger partial charge in [-0.05, 0) is 17.7 Å². The number of hydrogen-bond donors (Lipinski definition) is 0. The molecule has 0 amide bonds. The normalized spacial score (nSPS) is 10.9. The third kappa shape index (κ3) is 4.00. The molecule has 84 valence electrons. The van der Waals surface area contributed by atoms with Crippen LogP contribution in [0.2, 0.25) is 0 Å². The third-order valence-electron chi connectivity index (χ3n) is 1.95. The molecule has 0 atom stereocenters. The van der Waals surface area contributed by atoms with E-state index < -0.39 is 0 Å². The largest absolute Gasteiger partial charge is 0.497 e. The van der Waals surface area contributed by atoms with Crippen LogP contribution in [0.25, 0.3) is 6.08 Å². The average Bonchev–Trinajstić information content (AvgIpc) is 2.35. The summed E-state index contributed by atoms with van der Waals surface area (Å²) in [6.07, 6.45) is 6.66. The van der Waals surface area contributed by atoms with E-state index in [1.54, 1.807) is 19.3 Å². The summed E-state index contributed by atoms with van der Waals surface area (Å²) in [5, 5.41) is 0. The van der Waals surface area contributed by atoms with E-state index >= 15 is 0 Å². The van der Waals surface area contributed by atoms with Crippen LogP contribution in [0.15, 0.2) is 42.5 Å². The molecule has 0 N–H and O–H groups in total. The number of esters is 1. The number of rotatable bonds is 4. The molecule has 0 heterocycles. The summed E-state index contributed by atoms with van der Waals surface area (Å²) in [5.74, 6) is 0.460. The first-order chi connectivity index (χ1) is 7.76. The van der Waals surface area contributed by atoms with Crippen LogP contribution in [-0.4, -0.2) is 20.2 Å². The number of hydrogen-bond acceptors (Lipinski definition) is 3. The maximum absolute atomic E-state index is 10.7. The number of benzene rings is 1. The summed E-state index contributed by atoms with van der Waals surface area (Å²) in [4.78, 5) is 10.7. The van der Waals surface area contributed by atoms with Crippen molar-refractivity contribution in [2.45, 2.75) is 0 Å². The first kappa shape index (κ1) is 12.0. The van der Waals surface area contributed by atoms with Gasteiger partial charge in [-0.25, -0.2) is 4.79 Å². The zero-order chi connectivity index (χ0) is 11.8. The van der Waals surface area contributed by atoms with E-state index in [0.717, 1.165) is 11.3 Å². The highest BCUT2D eigenvalue weighted by Gasteiger charge is 1.89. The summed E-state index contributed by atoms with van der Waals surface area (Å²) in [7, 11) is 2.98. The zero-order valence-corrected chi connectivity index (χ0v) is 9.34. The van der Waals surface area contributed by atoms with Gasteiger partial charge >= 0.3 is 5.97 Å². The molecule has 0 radical (unpaired) electrons. The van der Waals surface area contributed by atoms with E-state index in [1.807, 2.05) is 30.3 Å². The highest BCUT2D eigenvalue weighted by Crippen LogP contribution is 2.12. The molecule has 0 bridgehead atoms. The Bertz CT molecular complexity index is 388. The average molecular weight is 218 g/mol. The Hall–Kier alpha value is -2.03. The fourth-order valence-corrected chi connectivity index (χ4v) is 1.08. The summed E-state index contributed by atoms with van der Waals surface area (Å²) in [5.41, 5.74) is 1.04. The summed E-state index contributed by atoms with van der Waals surface area (Å²) in [6.45, 7) is 0. The lowest BCUT2D eigenvalue weighted by molar-refractivity contribution is -0.134. The molecule has 0 fully saturated rings. The van der Waals surface area contributed by atoms with E-state index in [4.69, 9.17) is 4.74 Å². The van der Waals surface area contributed by atoms with Crippen LogP contribution in [0, 0.1) is 0 Å². The fraction of sp³-hybridized carbons (Fsp3) is 0.154. The van der Waals surface area contributed by atoms with E-state index in [2.05, 4.69) is 4.74 Å². The lowest BCUT2D eigenvalue weighted by atomic mass is 10.2. The Morgan fingerprint density at radius 3 is 2.38 bits per heavy atom. The summed E-state index contributed by atoms with van der Waals surface area (Å²) < 4.78 is 9.50. The Morgan fingerprint density at radius 1 is 1.12 bits per heavy atom. The van der Waals surface area contributed by atoms with Crippen LogP contribution in [0.5, 0.6) is 5.75 Å². The second-order valence-corrected chi connectivity index (χ2v) is 3.01. The van der Waals surface area contributed by atoms with Gasteiger partial charge in [-0.15, -0.1) is 0 Å². The van der Waals surface area contributed by atoms with Crippen LogP contribution < -0.4 is 4.74 Å². The van der Waals surface area contributed by atoms with E-state index in [-0.39, 0.29) is 5.97 Å². The van der Waals surface area contributed by atoms with Crippen LogP contribution in [-0.2, 0) is 9.53 Å². The van der Waals surface area contributed by atoms with E-state index in [1.165, 1.54) is 13.2 Å². The van der Waals surface area contributed by atoms with Crippen LogP contribution in [0.1, 0.15) is 5.56 Å². The van der Waals surface area contributed by atoms with Gasteiger partial charge in [0.25, 0.3) is 0 Å². The van der Waals surface area contributed by atoms with Gasteiger partial charge in [-0.1, -0.05) is 30.4 Å². The Labute approximate surface area is 95.0 Å². The topological polar surface area (TPSA) is 35.5 Å². The van der Waals surface area contributed by atoms with Gasteiger partial charge in [0, 0.05) is 6.08 Å². The van der Waals surface area contributed by atoms with Crippen molar-refractivity contribution in [3.8, 4) is 5.75 Å². The molecule has 3 nitrogen and oxygen atoms in total. The van der Waals surface area contributed by atoms with Crippen molar-refractivity contribution in [1.29, 1.82) is 0 Å². The van der Waals surface area contributed by atoms with E-state index in [0.29, 0.717) is 0 Å².